The maximum atomic E-state index is 12.0. The number of nitrogens with zero attached hydrogens (tertiary/aromatic N) is 3. The molecule has 0 aromatic carbocycles. The van der Waals surface area contributed by atoms with Gasteiger partial charge in [-0.25, -0.2) is 9.78 Å². The van der Waals surface area contributed by atoms with Gasteiger partial charge in [-0.15, -0.1) is 0 Å². The van der Waals surface area contributed by atoms with E-state index in [-0.39, 0.29) is 17.8 Å². The molecule has 19 heavy (non-hydrogen) atoms. The van der Waals surface area contributed by atoms with Gasteiger partial charge in [0.2, 0.25) is 0 Å². The average molecular weight is 260 g/mol. The van der Waals surface area contributed by atoms with Crippen molar-refractivity contribution in [1.29, 1.82) is 0 Å². The summed E-state index contributed by atoms with van der Waals surface area (Å²) in [6.07, 6.45) is 3.17. The summed E-state index contributed by atoms with van der Waals surface area (Å²) in [5.74, 6) is 0.745. The Balaban J connectivity index is 2.37. The van der Waals surface area contributed by atoms with Gasteiger partial charge < -0.3 is 9.88 Å². The highest BCUT2D eigenvalue weighted by atomic mass is 16.2. The van der Waals surface area contributed by atoms with Gasteiger partial charge in [0.25, 0.3) is 5.56 Å². The summed E-state index contributed by atoms with van der Waals surface area (Å²) < 4.78 is 2.70. The molecule has 2 heterocycles. The van der Waals surface area contributed by atoms with Crippen LogP contribution in [0, 0.1) is 0 Å². The monoisotopic (exact) mass is 260 g/mol. The summed E-state index contributed by atoms with van der Waals surface area (Å²) in [7, 11) is 1.78. The van der Waals surface area contributed by atoms with Crippen molar-refractivity contribution in [1.82, 2.24) is 14.1 Å². The largest absolute Gasteiger partial charge is 0.373 e. The fourth-order valence-electron chi connectivity index (χ4n) is 1.79. The second kappa shape index (κ2) is 5.51. The molecule has 1 N–H and O–H groups in total. The zero-order valence-electron chi connectivity index (χ0n) is 11.0. The molecule has 100 valence electrons. The van der Waals surface area contributed by atoms with Crippen LogP contribution < -0.4 is 16.6 Å². The van der Waals surface area contributed by atoms with Gasteiger partial charge in [0.15, 0.2) is 0 Å². The lowest BCUT2D eigenvalue weighted by Gasteiger charge is -2.08. The van der Waals surface area contributed by atoms with Crippen LogP contribution in [0.25, 0.3) is 0 Å². The Morgan fingerprint density at radius 2 is 2.05 bits per heavy atom. The summed E-state index contributed by atoms with van der Waals surface area (Å²) >= 11 is 0. The van der Waals surface area contributed by atoms with Crippen LogP contribution in [0.2, 0.25) is 0 Å². The highest BCUT2D eigenvalue weighted by Gasteiger charge is 2.05. The second-order valence-corrected chi connectivity index (χ2v) is 4.11. The first-order chi connectivity index (χ1) is 9.15. The zero-order valence-corrected chi connectivity index (χ0v) is 11.0. The van der Waals surface area contributed by atoms with E-state index in [9.17, 15) is 9.59 Å². The van der Waals surface area contributed by atoms with Crippen LogP contribution in [0.4, 0.5) is 5.82 Å². The molecule has 0 atom stereocenters. The Morgan fingerprint density at radius 1 is 1.26 bits per heavy atom. The molecule has 0 saturated carbocycles. The predicted molar refractivity (Wildman–Crippen MR) is 73.5 cm³/mol. The van der Waals surface area contributed by atoms with E-state index in [2.05, 4.69) is 10.3 Å². The highest BCUT2D eigenvalue weighted by Crippen LogP contribution is 2.04. The lowest BCUT2D eigenvalue weighted by molar-refractivity contribution is 0.599. The molecule has 0 bridgehead atoms. The van der Waals surface area contributed by atoms with Crippen molar-refractivity contribution in [2.24, 2.45) is 0 Å². The molecule has 0 amide bonds. The minimum absolute atomic E-state index is 0.232. The van der Waals surface area contributed by atoms with E-state index in [1.165, 1.54) is 21.4 Å². The van der Waals surface area contributed by atoms with Gasteiger partial charge in [-0.1, -0.05) is 6.07 Å². The Morgan fingerprint density at radius 3 is 2.63 bits per heavy atom. The van der Waals surface area contributed by atoms with Gasteiger partial charge in [0.1, 0.15) is 5.82 Å². The topological polar surface area (TPSA) is 68.9 Å². The molecule has 0 spiro atoms. The SMILES string of the molecule is CCn1ccc(=O)n(Cc2ccc(NC)nc2)c1=O. The third kappa shape index (κ3) is 2.73. The summed E-state index contributed by atoms with van der Waals surface area (Å²) in [5.41, 5.74) is 0.215. The van der Waals surface area contributed by atoms with E-state index in [0.717, 1.165) is 11.4 Å². The fraction of sp³-hybridized carbons (Fsp3) is 0.308. The third-order valence-corrected chi connectivity index (χ3v) is 2.90. The maximum Gasteiger partial charge on any atom is 0.331 e. The number of anilines is 1. The summed E-state index contributed by atoms with van der Waals surface area (Å²) in [5, 5.41) is 2.91. The molecule has 6 nitrogen and oxygen atoms in total. The van der Waals surface area contributed by atoms with Crippen LogP contribution in [-0.4, -0.2) is 21.2 Å². The molecule has 0 fully saturated rings. The lowest BCUT2D eigenvalue weighted by Crippen LogP contribution is -2.38. The van der Waals surface area contributed by atoms with Crippen LogP contribution in [0.1, 0.15) is 12.5 Å². The zero-order chi connectivity index (χ0) is 13.8. The molecular weight excluding hydrogens is 244 g/mol. The lowest BCUT2D eigenvalue weighted by atomic mass is 10.3. The summed E-state index contributed by atoms with van der Waals surface area (Å²) in [4.78, 5) is 28.0. The van der Waals surface area contributed by atoms with Crippen LogP contribution in [0.15, 0.2) is 40.2 Å². The van der Waals surface area contributed by atoms with Gasteiger partial charge in [0.05, 0.1) is 6.54 Å². The predicted octanol–water partition coefficient (Wildman–Crippen LogP) is 0.515. The van der Waals surface area contributed by atoms with E-state index >= 15 is 0 Å². The summed E-state index contributed by atoms with van der Waals surface area (Å²) in [6.45, 7) is 2.63. The Bertz CT molecular complexity index is 670. The van der Waals surface area contributed by atoms with Gasteiger partial charge in [0, 0.05) is 32.1 Å². The number of nitrogens with one attached hydrogen (secondary N) is 1. The van der Waals surface area contributed by atoms with Crippen LogP contribution in [0.3, 0.4) is 0 Å². The number of hydrogen-bond donors (Lipinski definition) is 1. The minimum Gasteiger partial charge on any atom is -0.373 e. The molecule has 0 aliphatic heterocycles. The molecule has 6 heteroatoms. The van der Waals surface area contributed by atoms with Gasteiger partial charge in [-0.3, -0.25) is 9.36 Å². The molecule has 0 aliphatic rings. The van der Waals surface area contributed by atoms with Crippen molar-refractivity contribution in [3.8, 4) is 0 Å². The highest BCUT2D eigenvalue weighted by molar-refractivity contribution is 5.34. The van der Waals surface area contributed by atoms with Crippen molar-refractivity contribution >= 4 is 5.82 Å². The first kappa shape index (κ1) is 13.1. The Kier molecular flexibility index (Phi) is 3.79. The molecule has 0 saturated heterocycles. The molecular formula is C13H16N4O2. The average Bonchev–Trinajstić information content (AvgIpc) is 2.44. The Hall–Kier alpha value is -2.37. The molecule has 0 radical (unpaired) electrons. The first-order valence-electron chi connectivity index (χ1n) is 6.08. The molecule has 0 unspecified atom stereocenters. The molecule has 2 aromatic heterocycles. The third-order valence-electron chi connectivity index (χ3n) is 2.90. The van der Waals surface area contributed by atoms with E-state index in [1.807, 2.05) is 19.1 Å². The van der Waals surface area contributed by atoms with Crippen LogP contribution in [-0.2, 0) is 13.1 Å². The van der Waals surface area contributed by atoms with Gasteiger partial charge in [-0.05, 0) is 18.6 Å². The first-order valence-corrected chi connectivity index (χ1v) is 6.08. The van der Waals surface area contributed by atoms with Crippen molar-refractivity contribution in [2.75, 3.05) is 12.4 Å². The van der Waals surface area contributed by atoms with Gasteiger partial charge in [-0.2, -0.15) is 0 Å². The van der Waals surface area contributed by atoms with E-state index in [1.54, 1.807) is 13.2 Å². The summed E-state index contributed by atoms with van der Waals surface area (Å²) in [6, 6.07) is 5.05. The number of aryl methyl sites for hydroxylation is 1. The van der Waals surface area contributed by atoms with E-state index < -0.39 is 0 Å². The van der Waals surface area contributed by atoms with Crippen molar-refractivity contribution in [2.45, 2.75) is 20.0 Å². The fourth-order valence-corrected chi connectivity index (χ4v) is 1.79. The smallest absolute Gasteiger partial charge is 0.331 e. The number of pyridine rings is 1. The normalized spacial score (nSPS) is 10.4. The van der Waals surface area contributed by atoms with E-state index in [4.69, 9.17) is 0 Å². The van der Waals surface area contributed by atoms with E-state index in [0.29, 0.717) is 6.54 Å². The van der Waals surface area contributed by atoms with Crippen molar-refractivity contribution < 1.29 is 0 Å². The number of hydrogen-bond acceptors (Lipinski definition) is 4. The number of rotatable bonds is 4. The molecule has 2 aromatic rings. The Labute approximate surface area is 110 Å². The van der Waals surface area contributed by atoms with Crippen molar-refractivity contribution in [3.05, 3.63) is 57.0 Å². The molecule has 0 aliphatic carbocycles. The quantitative estimate of drug-likeness (QED) is 0.870. The maximum absolute atomic E-state index is 12.0. The molecule has 2 rings (SSSR count). The standard InChI is InChI=1S/C13H16N4O2/c1-3-16-7-6-12(18)17(13(16)19)9-10-4-5-11(14-2)15-8-10/h4-8H,3,9H2,1-2H3,(H,14,15). The second-order valence-electron chi connectivity index (χ2n) is 4.11. The van der Waals surface area contributed by atoms with Crippen LogP contribution in [0.5, 0.6) is 0 Å². The van der Waals surface area contributed by atoms with Crippen molar-refractivity contribution in [3.63, 3.8) is 0 Å². The van der Waals surface area contributed by atoms with Crippen LogP contribution >= 0.6 is 0 Å². The van der Waals surface area contributed by atoms with Gasteiger partial charge >= 0.3 is 5.69 Å². The minimum atomic E-state index is -0.299. The number of aromatic nitrogens is 3.